The van der Waals surface area contributed by atoms with Gasteiger partial charge in [0.2, 0.25) is 0 Å². The van der Waals surface area contributed by atoms with E-state index in [1.807, 2.05) is 24.3 Å². The monoisotopic (exact) mass is 275 g/mol. The summed E-state index contributed by atoms with van der Waals surface area (Å²) in [6.45, 7) is 0.893. The Labute approximate surface area is 116 Å². The van der Waals surface area contributed by atoms with Crippen molar-refractivity contribution in [3.8, 4) is 5.75 Å². The van der Waals surface area contributed by atoms with E-state index in [4.69, 9.17) is 4.74 Å². The average Bonchev–Trinajstić information content (AvgIpc) is 2.85. The van der Waals surface area contributed by atoms with Crippen LogP contribution >= 0.6 is 0 Å². The molecule has 0 bridgehead atoms. The second kappa shape index (κ2) is 5.59. The first-order valence-electron chi connectivity index (χ1n) is 6.61. The maximum Gasteiger partial charge on any atom is 0.127 e. The number of halogens is 2. The second-order valence-electron chi connectivity index (χ2n) is 4.92. The summed E-state index contributed by atoms with van der Waals surface area (Å²) in [7, 11) is 0. The molecule has 0 fully saturated rings. The van der Waals surface area contributed by atoms with Gasteiger partial charge in [0, 0.05) is 25.1 Å². The first-order valence-corrected chi connectivity index (χ1v) is 6.61. The third-order valence-corrected chi connectivity index (χ3v) is 3.41. The fourth-order valence-corrected chi connectivity index (χ4v) is 2.41. The highest BCUT2D eigenvalue weighted by atomic mass is 19.1. The zero-order valence-corrected chi connectivity index (χ0v) is 10.9. The smallest absolute Gasteiger partial charge is 0.127 e. The van der Waals surface area contributed by atoms with E-state index in [0.29, 0.717) is 18.7 Å². The molecule has 0 amide bonds. The molecule has 3 rings (SSSR count). The Morgan fingerprint density at radius 3 is 2.85 bits per heavy atom. The number of rotatable bonds is 4. The van der Waals surface area contributed by atoms with Gasteiger partial charge in [0.15, 0.2) is 0 Å². The van der Waals surface area contributed by atoms with E-state index in [0.717, 1.165) is 24.3 Å². The predicted molar refractivity (Wildman–Crippen MR) is 72.6 cm³/mol. The lowest BCUT2D eigenvalue weighted by molar-refractivity contribution is 0.227. The van der Waals surface area contributed by atoms with Crippen molar-refractivity contribution in [1.82, 2.24) is 5.32 Å². The Morgan fingerprint density at radius 1 is 1.15 bits per heavy atom. The average molecular weight is 275 g/mol. The van der Waals surface area contributed by atoms with Gasteiger partial charge in [0.05, 0.1) is 0 Å². The van der Waals surface area contributed by atoms with Crippen LogP contribution in [0, 0.1) is 11.6 Å². The van der Waals surface area contributed by atoms with Crippen LogP contribution in [-0.2, 0) is 13.0 Å². The van der Waals surface area contributed by atoms with Crippen LogP contribution in [0.4, 0.5) is 8.78 Å². The second-order valence-corrected chi connectivity index (χ2v) is 4.92. The lowest BCUT2D eigenvalue weighted by atomic mass is 10.1. The molecule has 4 heteroatoms. The van der Waals surface area contributed by atoms with E-state index in [9.17, 15) is 8.78 Å². The SMILES string of the molecule is Fc1ccc(F)c(CNCC2Cc3ccccc3O2)c1. The molecule has 1 aliphatic heterocycles. The Balaban J connectivity index is 1.53. The van der Waals surface area contributed by atoms with E-state index in [2.05, 4.69) is 5.32 Å². The number of para-hydroxylation sites is 1. The zero-order valence-electron chi connectivity index (χ0n) is 10.9. The van der Waals surface area contributed by atoms with Crippen LogP contribution in [0.15, 0.2) is 42.5 Å². The van der Waals surface area contributed by atoms with Crippen LogP contribution in [0.3, 0.4) is 0 Å². The fraction of sp³-hybridized carbons (Fsp3) is 0.250. The molecule has 2 nitrogen and oxygen atoms in total. The van der Waals surface area contributed by atoms with Crippen LogP contribution in [0.2, 0.25) is 0 Å². The molecule has 0 radical (unpaired) electrons. The largest absolute Gasteiger partial charge is 0.488 e. The minimum absolute atomic E-state index is 0.0454. The van der Waals surface area contributed by atoms with Crippen LogP contribution in [0.25, 0.3) is 0 Å². The molecule has 104 valence electrons. The molecule has 20 heavy (non-hydrogen) atoms. The van der Waals surface area contributed by atoms with Crippen molar-refractivity contribution >= 4 is 0 Å². The van der Waals surface area contributed by atoms with Gasteiger partial charge in [-0.2, -0.15) is 0 Å². The molecule has 0 spiro atoms. The summed E-state index contributed by atoms with van der Waals surface area (Å²) >= 11 is 0. The maximum atomic E-state index is 13.4. The standard InChI is InChI=1S/C16H15F2NO/c17-13-5-6-15(18)12(7-13)9-19-10-14-8-11-3-1-2-4-16(11)20-14/h1-7,14,19H,8-10H2. The third-order valence-electron chi connectivity index (χ3n) is 3.41. The maximum absolute atomic E-state index is 13.4. The molecule has 2 aromatic carbocycles. The van der Waals surface area contributed by atoms with Crippen LogP contribution < -0.4 is 10.1 Å². The molecule has 1 N–H and O–H groups in total. The molecule has 0 saturated carbocycles. The molecular weight excluding hydrogens is 260 g/mol. The Morgan fingerprint density at radius 2 is 2.00 bits per heavy atom. The van der Waals surface area contributed by atoms with Gasteiger partial charge in [-0.05, 0) is 29.8 Å². The molecule has 0 aromatic heterocycles. The lowest BCUT2D eigenvalue weighted by Gasteiger charge is -2.12. The summed E-state index contributed by atoms with van der Waals surface area (Å²) in [6.07, 6.45) is 0.887. The van der Waals surface area contributed by atoms with Crippen molar-refractivity contribution in [2.24, 2.45) is 0 Å². The number of fused-ring (bicyclic) bond motifs is 1. The minimum Gasteiger partial charge on any atom is -0.488 e. The Kier molecular flexibility index (Phi) is 3.65. The number of ether oxygens (including phenoxy) is 1. The van der Waals surface area contributed by atoms with Crippen LogP contribution in [0.1, 0.15) is 11.1 Å². The highest BCUT2D eigenvalue weighted by Gasteiger charge is 2.21. The van der Waals surface area contributed by atoms with Gasteiger partial charge in [-0.3, -0.25) is 0 Å². The van der Waals surface area contributed by atoms with E-state index >= 15 is 0 Å². The van der Waals surface area contributed by atoms with Gasteiger partial charge < -0.3 is 10.1 Å². The molecular formula is C16H15F2NO. The van der Waals surface area contributed by atoms with Crippen molar-refractivity contribution in [2.45, 2.75) is 19.1 Å². The fourth-order valence-electron chi connectivity index (χ4n) is 2.41. The zero-order chi connectivity index (χ0) is 13.9. The molecule has 2 aromatic rings. The quantitative estimate of drug-likeness (QED) is 0.926. The molecule has 0 saturated heterocycles. The topological polar surface area (TPSA) is 21.3 Å². The first kappa shape index (κ1) is 13.1. The van der Waals surface area contributed by atoms with Crippen molar-refractivity contribution in [2.75, 3.05) is 6.54 Å². The van der Waals surface area contributed by atoms with E-state index in [1.165, 1.54) is 11.6 Å². The molecule has 1 unspecified atom stereocenters. The summed E-state index contributed by atoms with van der Waals surface area (Å²) in [5.74, 6) is 0.0958. The molecule has 1 atom stereocenters. The van der Waals surface area contributed by atoms with Crippen molar-refractivity contribution in [3.63, 3.8) is 0 Å². The predicted octanol–water partition coefficient (Wildman–Crippen LogP) is 3.06. The number of hydrogen-bond donors (Lipinski definition) is 1. The number of nitrogens with one attached hydrogen (secondary N) is 1. The van der Waals surface area contributed by atoms with Gasteiger partial charge in [-0.25, -0.2) is 8.78 Å². The molecule has 1 aliphatic rings. The normalized spacial score (nSPS) is 16.8. The number of benzene rings is 2. The highest BCUT2D eigenvalue weighted by Crippen LogP contribution is 2.27. The summed E-state index contributed by atoms with van der Waals surface area (Å²) in [5.41, 5.74) is 1.52. The Hall–Kier alpha value is -1.94. The van der Waals surface area contributed by atoms with Gasteiger partial charge in [0.25, 0.3) is 0 Å². The summed E-state index contributed by atoms with van der Waals surface area (Å²) < 4.78 is 32.3. The lowest BCUT2D eigenvalue weighted by Crippen LogP contribution is -2.30. The van der Waals surface area contributed by atoms with Crippen molar-refractivity contribution in [1.29, 1.82) is 0 Å². The van der Waals surface area contributed by atoms with Gasteiger partial charge >= 0.3 is 0 Å². The molecule has 1 heterocycles. The van der Waals surface area contributed by atoms with Gasteiger partial charge in [-0.1, -0.05) is 18.2 Å². The van der Waals surface area contributed by atoms with E-state index in [-0.39, 0.29) is 6.10 Å². The van der Waals surface area contributed by atoms with Gasteiger partial charge in [0.1, 0.15) is 23.5 Å². The van der Waals surface area contributed by atoms with E-state index < -0.39 is 11.6 Å². The first-order chi connectivity index (χ1) is 9.72. The third kappa shape index (κ3) is 2.80. The van der Waals surface area contributed by atoms with Crippen molar-refractivity contribution in [3.05, 3.63) is 65.2 Å². The Bertz CT molecular complexity index is 590. The van der Waals surface area contributed by atoms with Crippen LogP contribution in [0.5, 0.6) is 5.75 Å². The van der Waals surface area contributed by atoms with Crippen molar-refractivity contribution < 1.29 is 13.5 Å². The number of hydrogen-bond acceptors (Lipinski definition) is 2. The van der Waals surface area contributed by atoms with Crippen LogP contribution in [-0.4, -0.2) is 12.6 Å². The van der Waals surface area contributed by atoms with Gasteiger partial charge in [-0.15, -0.1) is 0 Å². The summed E-state index contributed by atoms with van der Waals surface area (Å²) in [4.78, 5) is 0. The highest BCUT2D eigenvalue weighted by molar-refractivity contribution is 5.37. The summed E-state index contributed by atoms with van der Waals surface area (Å²) in [5, 5.41) is 3.11. The molecule has 0 aliphatic carbocycles. The minimum atomic E-state index is -0.423. The van der Waals surface area contributed by atoms with E-state index in [1.54, 1.807) is 0 Å². The summed E-state index contributed by atoms with van der Waals surface area (Å²) in [6, 6.07) is 11.4.